The summed E-state index contributed by atoms with van der Waals surface area (Å²) in [6.07, 6.45) is 6.18. The smallest absolute Gasteiger partial charge is 0.320 e. The molecule has 4 nitrogen and oxygen atoms in total. The molecule has 3 aromatic carbocycles. The summed E-state index contributed by atoms with van der Waals surface area (Å²) in [5.74, 6) is -0.227. The Labute approximate surface area is 249 Å². The molecular weight excluding hydrogens is 719 g/mol. The lowest BCUT2D eigenvalue weighted by atomic mass is 9.98. The highest BCUT2D eigenvalue weighted by molar-refractivity contribution is 14.2. The Bertz CT molecular complexity index is 1290. The monoisotopic (exact) mass is 745 g/mol. The lowest BCUT2D eigenvalue weighted by Crippen LogP contribution is -2.44. The summed E-state index contributed by atoms with van der Waals surface area (Å²) in [4.78, 5) is 13.7. The van der Waals surface area contributed by atoms with E-state index < -0.39 is 13.7 Å². The van der Waals surface area contributed by atoms with Crippen LogP contribution in [0.15, 0.2) is 60.7 Å². The fourth-order valence-corrected chi connectivity index (χ4v) is 5.95. The van der Waals surface area contributed by atoms with E-state index in [9.17, 15) is 9.90 Å². The molecule has 1 aliphatic heterocycles. The van der Waals surface area contributed by atoms with Crippen molar-refractivity contribution < 1.29 is 19.0 Å². The van der Waals surface area contributed by atoms with E-state index in [4.69, 9.17) is 16.3 Å². The lowest BCUT2D eigenvalue weighted by Gasteiger charge is -2.33. The summed E-state index contributed by atoms with van der Waals surface area (Å²) in [6, 6.07) is 18.9. The van der Waals surface area contributed by atoms with Crippen molar-refractivity contribution in [2.75, 3.05) is 13.7 Å². The Kier molecular flexibility index (Phi) is 9.53. The van der Waals surface area contributed by atoms with Gasteiger partial charge in [-0.05, 0) is 93.4 Å². The number of carboxylic acid groups (broad SMARTS) is 1. The highest BCUT2D eigenvalue weighted by Gasteiger charge is 2.31. The molecule has 0 aromatic heterocycles. The summed E-state index contributed by atoms with van der Waals surface area (Å²) in [6.45, 7) is 1.06. The number of likely N-dealkylation sites (tertiary alicyclic amines) is 1. The summed E-state index contributed by atoms with van der Waals surface area (Å²) in [7, 11) is 1.58. The van der Waals surface area contributed by atoms with Gasteiger partial charge in [-0.3, -0.25) is 9.69 Å². The number of piperidine rings is 1. The first-order valence-corrected chi connectivity index (χ1v) is 14.5. The van der Waals surface area contributed by atoms with Crippen molar-refractivity contribution in [3.8, 4) is 16.9 Å². The molecule has 0 aliphatic carbocycles. The van der Waals surface area contributed by atoms with E-state index in [1.165, 1.54) is 0 Å². The molecule has 1 saturated heterocycles. The number of alkyl halides is 3. The molecule has 8 heteroatoms. The molecular formula is C29H27ClFI2NO3. The van der Waals surface area contributed by atoms with Crippen molar-refractivity contribution in [1.29, 1.82) is 0 Å². The normalized spacial score (nSPS) is 16.7. The average Bonchev–Trinajstić information content (AvgIpc) is 2.88. The SMILES string of the molecule is COc1cc(/C=C/c2cccc(-c3ccccc3)c2Cl)c(C(F)(I)I)cc1CN1CCCC[C@H]1C(=O)O. The number of ether oxygens (including phenoxy) is 1. The number of halogens is 4. The quantitative estimate of drug-likeness (QED) is 0.143. The van der Waals surface area contributed by atoms with E-state index in [0.29, 0.717) is 41.4 Å². The van der Waals surface area contributed by atoms with Gasteiger partial charge in [0.15, 0.2) is 0 Å². The van der Waals surface area contributed by atoms with Crippen LogP contribution in [0.3, 0.4) is 0 Å². The first kappa shape index (κ1) is 28.3. The lowest BCUT2D eigenvalue weighted by molar-refractivity contribution is -0.144. The number of benzene rings is 3. The van der Waals surface area contributed by atoms with Crippen LogP contribution in [0.2, 0.25) is 5.02 Å². The maximum absolute atomic E-state index is 15.4. The van der Waals surface area contributed by atoms with E-state index >= 15 is 4.39 Å². The molecule has 0 saturated carbocycles. The second-order valence-electron chi connectivity index (χ2n) is 8.98. The maximum Gasteiger partial charge on any atom is 0.320 e. The molecule has 3 aromatic rings. The van der Waals surface area contributed by atoms with E-state index in [2.05, 4.69) is 0 Å². The Balaban J connectivity index is 1.71. The van der Waals surface area contributed by atoms with Gasteiger partial charge in [-0.1, -0.05) is 78.7 Å². The van der Waals surface area contributed by atoms with Gasteiger partial charge >= 0.3 is 5.97 Å². The number of hydrogen-bond acceptors (Lipinski definition) is 3. The Hall–Kier alpha value is -1.69. The number of rotatable bonds is 8. The zero-order valence-corrected chi connectivity index (χ0v) is 25.3. The molecule has 1 heterocycles. The van der Waals surface area contributed by atoms with Crippen molar-refractivity contribution in [3.05, 3.63) is 87.9 Å². The van der Waals surface area contributed by atoms with Gasteiger partial charge in [-0.2, -0.15) is 0 Å². The summed E-state index contributed by atoms with van der Waals surface area (Å²) < 4.78 is 19.4. The fraction of sp³-hybridized carbons (Fsp3) is 0.276. The third-order valence-corrected chi connectivity index (χ3v) is 8.17. The Morgan fingerprint density at radius 1 is 1.14 bits per heavy atom. The van der Waals surface area contributed by atoms with Gasteiger partial charge in [0, 0.05) is 23.2 Å². The number of aliphatic carboxylic acids is 1. The van der Waals surface area contributed by atoms with E-state index in [1.54, 1.807) is 58.4 Å². The van der Waals surface area contributed by atoms with Gasteiger partial charge in [0.05, 0.1) is 12.1 Å². The minimum atomic E-state index is -1.68. The number of methoxy groups -OCH3 is 1. The molecule has 1 N–H and O–H groups in total. The predicted molar refractivity (Wildman–Crippen MR) is 165 cm³/mol. The number of carboxylic acids is 1. The molecule has 0 unspecified atom stereocenters. The zero-order valence-electron chi connectivity index (χ0n) is 20.3. The van der Waals surface area contributed by atoms with Crippen LogP contribution in [-0.4, -0.2) is 35.7 Å². The van der Waals surface area contributed by atoms with Crippen molar-refractivity contribution in [2.45, 2.75) is 33.5 Å². The van der Waals surface area contributed by atoms with Crippen LogP contribution in [0.4, 0.5) is 4.39 Å². The second kappa shape index (κ2) is 12.4. The topological polar surface area (TPSA) is 49.8 Å². The van der Waals surface area contributed by atoms with E-state index in [-0.39, 0.29) is 0 Å². The third kappa shape index (κ3) is 6.85. The van der Waals surface area contributed by atoms with Gasteiger partial charge in [0.1, 0.15) is 11.8 Å². The highest BCUT2D eigenvalue weighted by atomic mass is 127. The van der Waals surface area contributed by atoms with Crippen LogP contribution in [0, 0.1) is 0 Å². The van der Waals surface area contributed by atoms with Gasteiger partial charge in [0.25, 0.3) is 0 Å². The van der Waals surface area contributed by atoms with Gasteiger partial charge in [-0.25, -0.2) is 4.39 Å². The molecule has 1 aliphatic rings. The summed E-state index contributed by atoms with van der Waals surface area (Å²) in [5, 5.41) is 10.3. The molecule has 1 fully saturated rings. The summed E-state index contributed by atoms with van der Waals surface area (Å²) in [5.41, 5.74) is 4.69. The standard InChI is InChI=1S/C29H27ClFI2NO3/c1-37-26-17-21(14-13-20-10-7-11-23(27(20)30)19-8-3-2-4-9-19)24(29(31,32)33)16-22(26)18-34-15-6-5-12-25(34)28(35)36/h2-4,7-11,13-14,16-17,25H,5-6,12,15,18H2,1H3,(H,35,36)/b14-13+/t25-/m0/s1. The highest BCUT2D eigenvalue weighted by Crippen LogP contribution is 2.45. The van der Waals surface area contributed by atoms with Crippen LogP contribution >= 0.6 is 56.8 Å². The molecule has 0 spiro atoms. The largest absolute Gasteiger partial charge is 0.496 e. The number of hydrogen-bond donors (Lipinski definition) is 1. The Morgan fingerprint density at radius 3 is 2.54 bits per heavy atom. The van der Waals surface area contributed by atoms with Gasteiger partial charge < -0.3 is 9.84 Å². The Morgan fingerprint density at radius 2 is 1.86 bits per heavy atom. The molecule has 194 valence electrons. The number of carbonyl (C=O) groups is 1. The van der Waals surface area contributed by atoms with E-state index in [0.717, 1.165) is 35.1 Å². The van der Waals surface area contributed by atoms with Crippen LogP contribution in [-0.2, 0) is 13.0 Å². The van der Waals surface area contributed by atoms with Crippen molar-refractivity contribution in [2.24, 2.45) is 0 Å². The van der Waals surface area contributed by atoms with Gasteiger partial charge in [0.2, 0.25) is 1.68 Å². The molecule has 37 heavy (non-hydrogen) atoms. The van der Waals surface area contributed by atoms with Crippen LogP contribution in [0.25, 0.3) is 23.3 Å². The molecule has 4 rings (SSSR count). The van der Waals surface area contributed by atoms with E-state index in [1.807, 2.05) is 71.6 Å². The van der Waals surface area contributed by atoms with Crippen LogP contribution in [0.1, 0.15) is 41.5 Å². The first-order chi connectivity index (χ1) is 17.7. The van der Waals surface area contributed by atoms with Crippen molar-refractivity contribution in [1.82, 2.24) is 4.90 Å². The third-order valence-electron chi connectivity index (χ3n) is 6.59. The maximum atomic E-state index is 15.4. The molecule has 0 radical (unpaired) electrons. The van der Waals surface area contributed by atoms with Crippen molar-refractivity contribution in [3.63, 3.8) is 0 Å². The van der Waals surface area contributed by atoms with Gasteiger partial charge in [-0.15, -0.1) is 0 Å². The fourth-order valence-electron chi connectivity index (χ4n) is 4.71. The molecule has 0 bridgehead atoms. The zero-order chi connectivity index (χ0) is 26.6. The predicted octanol–water partition coefficient (Wildman–Crippen LogP) is 8.57. The average molecular weight is 746 g/mol. The second-order valence-corrected chi connectivity index (χ2v) is 14.4. The minimum Gasteiger partial charge on any atom is -0.496 e. The number of nitrogens with zero attached hydrogens (tertiary/aromatic N) is 1. The molecule has 1 atom stereocenters. The van der Waals surface area contributed by atoms with Crippen molar-refractivity contribution >= 4 is 74.9 Å². The first-order valence-electron chi connectivity index (χ1n) is 12.0. The summed E-state index contributed by atoms with van der Waals surface area (Å²) >= 11 is 10.3. The molecule has 0 amide bonds. The van der Waals surface area contributed by atoms with Crippen LogP contribution in [0.5, 0.6) is 5.75 Å². The minimum absolute atomic E-state index is 0.380. The van der Waals surface area contributed by atoms with Crippen LogP contribution < -0.4 is 4.74 Å².